The number of carbonyl (C=O) groups excluding carboxylic acids is 3. The van der Waals surface area contributed by atoms with Crippen molar-refractivity contribution in [1.29, 1.82) is 0 Å². The number of halogens is 2. The van der Waals surface area contributed by atoms with Crippen LogP contribution in [-0.2, 0) is 16.1 Å². The molecule has 0 unspecified atom stereocenters. The molecule has 0 spiro atoms. The number of urea groups is 1. The average Bonchev–Trinajstić information content (AvgIpc) is 3.06. The first-order valence-corrected chi connectivity index (χ1v) is 16.4. The van der Waals surface area contributed by atoms with E-state index in [9.17, 15) is 14.4 Å². The maximum Gasteiger partial charge on any atom is 0.334 e. The number of benzene rings is 3. The van der Waals surface area contributed by atoms with E-state index in [0.29, 0.717) is 29.7 Å². The van der Waals surface area contributed by atoms with Gasteiger partial charge >= 0.3 is 6.03 Å². The quantitative estimate of drug-likeness (QED) is 0.173. The average molecular weight is 731 g/mol. The third-order valence-electron chi connectivity index (χ3n) is 8.16. The summed E-state index contributed by atoms with van der Waals surface area (Å²) in [6.45, 7) is 1.15. The topological polar surface area (TPSA) is 111 Å². The summed E-state index contributed by atoms with van der Waals surface area (Å²) >= 11 is 7.58. The molecular weight excluding hydrogens is 695 g/mol. The first-order valence-electron chi connectivity index (χ1n) is 14.6. The van der Waals surface area contributed by atoms with Gasteiger partial charge < -0.3 is 25.1 Å². The van der Waals surface area contributed by atoms with Crippen molar-refractivity contribution < 1.29 is 18.7 Å². The number of carbonyl (C=O) groups is 3. The van der Waals surface area contributed by atoms with Gasteiger partial charge in [0.1, 0.15) is 29.8 Å². The van der Waals surface area contributed by atoms with Gasteiger partial charge in [-0.2, -0.15) is 5.01 Å². The highest BCUT2D eigenvalue weighted by molar-refractivity contribution is 14.1. The van der Waals surface area contributed by atoms with Crippen molar-refractivity contribution >= 4 is 52.3 Å². The second-order valence-corrected chi connectivity index (χ2v) is 11.7. The van der Waals surface area contributed by atoms with E-state index in [0.717, 1.165) is 5.56 Å². The number of nitrogens with two attached hydrogens (primary N) is 1. The fourth-order valence-corrected chi connectivity index (χ4v) is 6.71. The molecular formula is C32H36ClIN6O4. The van der Waals surface area contributed by atoms with Crippen molar-refractivity contribution in [3.05, 3.63) is 102 Å². The predicted octanol–water partition coefficient (Wildman–Crippen LogP) is 4.29. The maximum atomic E-state index is 13.9. The summed E-state index contributed by atoms with van der Waals surface area (Å²) in [5.41, 5.74) is 9.15. The molecule has 0 aliphatic carbocycles. The van der Waals surface area contributed by atoms with Gasteiger partial charge in [-0.25, -0.2) is 9.80 Å². The van der Waals surface area contributed by atoms with Crippen LogP contribution in [-0.4, -0.2) is 80.6 Å². The zero-order valence-electron chi connectivity index (χ0n) is 24.2. The minimum Gasteiger partial charge on any atom is -0.386 e. The number of fused-ring (bicyclic) bond motifs is 1. The summed E-state index contributed by atoms with van der Waals surface area (Å²) in [4.78, 5) is 44.5. The summed E-state index contributed by atoms with van der Waals surface area (Å²) in [5, 5.41) is 6.31. The lowest BCUT2D eigenvalue weighted by molar-refractivity contribution is -0.187. The fraction of sp³-hybridized carbons (Fsp3) is 0.344. The van der Waals surface area contributed by atoms with Crippen LogP contribution in [0.1, 0.15) is 35.4 Å². The third kappa shape index (κ3) is 7.12. The minimum absolute atomic E-state index is 0.00689. The molecule has 10 nitrogen and oxygen atoms in total. The van der Waals surface area contributed by atoms with Crippen LogP contribution in [0.3, 0.4) is 0 Å². The summed E-state index contributed by atoms with van der Waals surface area (Å²) < 4.78 is 5.13. The van der Waals surface area contributed by atoms with Crippen LogP contribution < -0.4 is 15.3 Å². The highest BCUT2D eigenvalue weighted by Crippen LogP contribution is 2.32. The van der Waals surface area contributed by atoms with Gasteiger partial charge in [-0.3, -0.25) is 9.59 Å². The molecule has 12 heteroatoms. The molecule has 2 aliphatic rings. The van der Waals surface area contributed by atoms with E-state index in [2.05, 4.69) is 52.2 Å². The van der Waals surface area contributed by atoms with Gasteiger partial charge in [0.15, 0.2) is 0 Å². The first kappa shape index (κ1) is 32.0. The van der Waals surface area contributed by atoms with Gasteiger partial charge in [0.2, 0.25) is 11.8 Å². The number of piperazine rings is 1. The molecule has 0 aromatic heterocycles. The van der Waals surface area contributed by atoms with Crippen LogP contribution in [0.15, 0.2) is 84.9 Å². The molecule has 2 saturated heterocycles. The standard InChI is InChI=1S/C32H36ClIN6O4/c33-44-26-13-11-23(12-14-26)19-36-32(43)40-29-20-37(31(42)28(15-17-35)39(29)30(41)21-38(40)22-34)18-16-27(24-7-3-1-4-8-24)25-9-5-2-6-10-25/h1-14,27-29H,15-22,35H2,(H,36,43)/t28-,29-/m0/s1. The van der Waals surface area contributed by atoms with E-state index in [-0.39, 0.29) is 49.9 Å². The molecule has 5 rings (SSSR count). The number of nitrogens with one attached hydrogen (secondary N) is 1. The molecule has 3 N–H and O–H groups in total. The Kier molecular flexibility index (Phi) is 11.0. The van der Waals surface area contributed by atoms with Crippen LogP contribution >= 0.6 is 34.5 Å². The SMILES string of the molecule is NCC[C@H]1C(=O)N(CCC(c2ccccc2)c2ccccc2)C[C@H]2N1C(=O)CN(CI)N2C(=O)NCc1ccc(OCl)cc1. The van der Waals surface area contributed by atoms with Gasteiger partial charge in [0.25, 0.3) is 0 Å². The van der Waals surface area contributed by atoms with Crippen molar-refractivity contribution in [3.63, 3.8) is 0 Å². The zero-order chi connectivity index (χ0) is 31.1. The lowest BCUT2D eigenvalue weighted by Gasteiger charge is -2.55. The number of amides is 4. The molecule has 0 radical (unpaired) electrons. The molecule has 3 aromatic carbocycles. The van der Waals surface area contributed by atoms with Crippen molar-refractivity contribution in [2.45, 2.75) is 37.5 Å². The largest absolute Gasteiger partial charge is 0.386 e. The lowest BCUT2D eigenvalue weighted by Crippen LogP contribution is -2.76. The molecule has 44 heavy (non-hydrogen) atoms. The Morgan fingerprint density at radius 3 is 2.20 bits per heavy atom. The van der Waals surface area contributed by atoms with Crippen LogP contribution in [0, 0.1) is 0 Å². The molecule has 2 fully saturated rings. The highest BCUT2D eigenvalue weighted by Gasteiger charge is 2.51. The maximum absolute atomic E-state index is 13.9. The predicted molar refractivity (Wildman–Crippen MR) is 177 cm³/mol. The molecule has 0 bridgehead atoms. The second-order valence-electron chi connectivity index (χ2n) is 10.8. The number of hydrazine groups is 1. The van der Waals surface area contributed by atoms with E-state index in [1.807, 2.05) is 48.5 Å². The Morgan fingerprint density at radius 2 is 1.64 bits per heavy atom. The Morgan fingerprint density at radius 1 is 1.00 bits per heavy atom. The van der Waals surface area contributed by atoms with E-state index in [1.165, 1.54) is 11.1 Å². The van der Waals surface area contributed by atoms with Crippen molar-refractivity contribution in [2.24, 2.45) is 5.73 Å². The lowest BCUT2D eigenvalue weighted by atomic mass is 9.88. The van der Waals surface area contributed by atoms with E-state index in [1.54, 1.807) is 32.0 Å². The fourth-order valence-electron chi connectivity index (χ4n) is 6.03. The van der Waals surface area contributed by atoms with Crippen molar-refractivity contribution in [3.8, 4) is 5.75 Å². The molecule has 232 valence electrons. The van der Waals surface area contributed by atoms with Gasteiger partial charge in [-0.1, -0.05) is 95.4 Å². The summed E-state index contributed by atoms with van der Waals surface area (Å²) in [6, 6.07) is 26.5. The number of rotatable bonds is 11. The summed E-state index contributed by atoms with van der Waals surface area (Å²) in [5.74, 6) is 0.253. The zero-order valence-corrected chi connectivity index (χ0v) is 27.1. The number of alkyl halides is 1. The monoisotopic (exact) mass is 730 g/mol. The molecule has 2 heterocycles. The molecule has 0 saturated carbocycles. The van der Waals surface area contributed by atoms with Crippen LogP contribution in [0.4, 0.5) is 4.79 Å². The Labute approximate surface area is 276 Å². The van der Waals surface area contributed by atoms with E-state index >= 15 is 0 Å². The van der Waals surface area contributed by atoms with E-state index < -0.39 is 12.2 Å². The van der Waals surface area contributed by atoms with Crippen molar-refractivity contribution in [2.75, 3.05) is 30.7 Å². The molecule has 2 atom stereocenters. The summed E-state index contributed by atoms with van der Waals surface area (Å²) in [7, 11) is 0. The van der Waals surface area contributed by atoms with Crippen LogP contribution in [0.2, 0.25) is 0 Å². The molecule has 4 amide bonds. The first-order chi connectivity index (χ1) is 21.4. The smallest absolute Gasteiger partial charge is 0.334 e. The summed E-state index contributed by atoms with van der Waals surface area (Å²) in [6.07, 6.45) is 0.326. The number of hydrogen-bond acceptors (Lipinski definition) is 6. The second kappa shape index (κ2) is 15.1. The van der Waals surface area contributed by atoms with Gasteiger partial charge in [-0.05, 0) is 48.2 Å². The normalized spacial score (nSPS) is 18.9. The number of hydrogen-bond donors (Lipinski definition) is 2. The van der Waals surface area contributed by atoms with Crippen LogP contribution in [0.25, 0.3) is 0 Å². The Hall–Kier alpha value is -3.39. The van der Waals surface area contributed by atoms with Crippen molar-refractivity contribution in [1.82, 2.24) is 25.1 Å². The van der Waals surface area contributed by atoms with Gasteiger partial charge in [-0.15, -0.1) is 0 Å². The molecule has 3 aromatic rings. The van der Waals surface area contributed by atoms with Gasteiger partial charge in [0, 0.05) is 19.0 Å². The molecule has 2 aliphatic heterocycles. The minimum atomic E-state index is -0.743. The van der Waals surface area contributed by atoms with Crippen LogP contribution in [0.5, 0.6) is 5.75 Å². The van der Waals surface area contributed by atoms with E-state index in [4.69, 9.17) is 21.9 Å². The van der Waals surface area contributed by atoms with Gasteiger partial charge in [0.05, 0.1) is 17.6 Å². The number of nitrogens with zero attached hydrogens (tertiary/aromatic N) is 4. The third-order valence-corrected chi connectivity index (χ3v) is 9.13. The Balaban J connectivity index is 1.39. The highest BCUT2D eigenvalue weighted by atomic mass is 127. The Bertz CT molecular complexity index is 1380.